The Morgan fingerprint density at radius 2 is 2.16 bits per heavy atom. The summed E-state index contributed by atoms with van der Waals surface area (Å²) >= 11 is 0. The largest absolute Gasteiger partial charge is 0.437 e. The second kappa shape index (κ2) is 8.04. The highest BCUT2D eigenvalue weighted by Gasteiger charge is 2.25. The summed E-state index contributed by atoms with van der Waals surface area (Å²) in [5.74, 6) is 0.816. The van der Waals surface area contributed by atoms with E-state index >= 15 is 0 Å². The molecule has 1 saturated heterocycles. The Hall–Kier alpha value is -2.51. The molecule has 134 valence electrons. The van der Waals surface area contributed by atoms with Crippen molar-refractivity contribution < 1.29 is 9.53 Å². The molecule has 7 heteroatoms. The van der Waals surface area contributed by atoms with Crippen molar-refractivity contribution in [1.29, 1.82) is 0 Å². The van der Waals surface area contributed by atoms with Crippen molar-refractivity contribution >= 4 is 5.91 Å². The van der Waals surface area contributed by atoms with E-state index in [9.17, 15) is 4.79 Å². The second-order valence-corrected chi connectivity index (χ2v) is 5.97. The lowest BCUT2D eigenvalue weighted by Crippen LogP contribution is -2.31. The fourth-order valence-electron chi connectivity index (χ4n) is 2.74. The summed E-state index contributed by atoms with van der Waals surface area (Å²) < 4.78 is 5.75. The van der Waals surface area contributed by atoms with E-state index < -0.39 is 0 Å². The average Bonchev–Trinajstić information content (AvgIpc) is 3.00. The smallest absolute Gasteiger partial charge is 0.255 e. The van der Waals surface area contributed by atoms with Gasteiger partial charge in [-0.3, -0.25) is 9.78 Å². The van der Waals surface area contributed by atoms with E-state index in [1.165, 1.54) is 6.20 Å². The molecule has 0 spiro atoms. The third kappa shape index (κ3) is 4.52. The van der Waals surface area contributed by atoms with Crippen LogP contribution >= 0.6 is 0 Å². The van der Waals surface area contributed by atoms with Crippen molar-refractivity contribution in [3.05, 3.63) is 47.4 Å². The Kier molecular flexibility index (Phi) is 6.06. The van der Waals surface area contributed by atoms with Crippen molar-refractivity contribution in [1.82, 2.24) is 14.9 Å². The predicted molar refractivity (Wildman–Crippen MR) is 96.4 cm³/mol. The van der Waals surface area contributed by atoms with Crippen molar-refractivity contribution in [2.24, 2.45) is 11.5 Å². The summed E-state index contributed by atoms with van der Waals surface area (Å²) in [5.41, 5.74) is 13.8. The fourth-order valence-corrected chi connectivity index (χ4v) is 2.74. The van der Waals surface area contributed by atoms with Gasteiger partial charge in [0.05, 0.1) is 11.8 Å². The molecule has 0 aliphatic carbocycles. The van der Waals surface area contributed by atoms with Gasteiger partial charge >= 0.3 is 0 Å². The van der Waals surface area contributed by atoms with Crippen LogP contribution in [-0.2, 0) is 6.54 Å². The van der Waals surface area contributed by atoms with Crippen LogP contribution in [0.15, 0.2) is 30.6 Å². The summed E-state index contributed by atoms with van der Waals surface area (Å²) in [4.78, 5) is 22.7. The highest BCUT2D eigenvalue weighted by Crippen LogP contribution is 2.22. The van der Waals surface area contributed by atoms with E-state index in [0.29, 0.717) is 36.8 Å². The fraction of sp³-hybridized carbons (Fsp3) is 0.389. The molecule has 0 unspecified atom stereocenters. The molecule has 2 aromatic heterocycles. The Morgan fingerprint density at radius 1 is 1.36 bits per heavy atom. The van der Waals surface area contributed by atoms with Gasteiger partial charge in [-0.2, -0.15) is 0 Å². The molecule has 1 atom stereocenters. The molecular formula is C18H25N5O2. The quantitative estimate of drug-likeness (QED) is 0.877. The molecule has 0 radical (unpaired) electrons. The number of ether oxygens (including phenoxy) is 1. The third-order valence-corrected chi connectivity index (χ3v) is 3.92. The zero-order valence-corrected chi connectivity index (χ0v) is 13.6. The first kappa shape index (κ1) is 18.8. The minimum atomic E-state index is -0.0826. The summed E-state index contributed by atoms with van der Waals surface area (Å²) in [6.07, 6.45) is 3.91. The van der Waals surface area contributed by atoms with E-state index in [-0.39, 0.29) is 19.4 Å². The number of hydrogen-bond acceptors (Lipinski definition) is 6. The summed E-state index contributed by atoms with van der Waals surface area (Å²) in [7, 11) is 0. The maximum Gasteiger partial charge on any atom is 0.255 e. The van der Waals surface area contributed by atoms with Crippen LogP contribution in [0.4, 0.5) is 0 Å². The third-order valence-electron chi connectivity index (χ3n) is 3.92. The lowest BCUT2D eigenvalue weighted by Gasteiger charge is -2.16. The van der Waals surface area contributed by atoms with E-state index in [1.807, 2.05) is 13.0 Å². The number of carbonyl (C=O) groups is 1. The van der Waals surface area contributed by atoms with Crippen LogP contribution in [0.25, 0.3) is 0 Å². The normalized spacial score (nSPS) is 16.4. The van der Waals surface area contributed by atoms with Crippen LogP contribution in [0.5, 0.6) is 11.6 Å². The number of aromatic nitrogens is 2. The number of carbonyl (C=O) groups excluding carboxylic acids is 1. The van der Waals surface area contributed by atoms with Gasteiger partial charge in [0.15, 0.2) is 0 Å². The second-order valence-electron chi connectivity index (χ2n) is 5.97. The predicted octanol–water partition coefficient (Wildman–Crippen LogP) is 1.85. The summed E-state index contributed by atoms with van der Waals surface area (Å²) in [5, 5.41) is 0. The van der Waals surface area contributed by atoms with Gasteiger partial charge in [0.2, 0.25) is 5.88 Å². The lowest BCUT2D eigenvalue weighted by molar-refractivity contribution is 0.0790. The van der Waals surface area contributed by atoms with Crippen LogP contribution < -0.4 is 16.2 Å². The molecule has 3 heterocycles. The van der Waals surface area contributed by atoms with Crippen LogP contribution in [0.1, 0.15) is 35.5 Å². The van der Waals surface area contributed by atoms with Crippen molar-refractivity contribution in [3.8, 4) is 11.6 Å². The maximum absolute atomic E-state index is 12.5. The van der Waals surface area contributed by atoms with Gasteiger partial charge in [0, 0.05) is 43.6 Å². The summed E-state index contributed by atoms with van der Waals surface area (Å²) in [6.45, 7) is 3.53. The Labute approximate surface area is 148 Å². The lowest BCUT2D eigenvalue weighted by atomic mass is 10.2. The zero-order chi connectivity index (χ0) is 17.1. The SMILES string of the molecule is C.Cc1cc(CN)cc(Oc2cncc(C(=O)N3CC[C@@H](N)C3)c2)n1. The number of amides is 1. The topological polar surface area (TPSA) is 107 Å². The molecule has 0 bridgehead atoms. The van der Waals surface area contributed by atoms with E-state index in [1.54, 1.807) is 23.2 Å². The van der Waals surface area contributed by atoms with Crippen molar-refractivity contribution in [3.63, 3.8) is 0 Å². The zero-order valence-electron chi connectivity index (χ0n) is 13.6. The van der Waals surface area contributed by atoms with Gasteiger partial charge in [-0.05, 0) is 31.0 Å². The van der Waals surface area contributed by atoms with Crippen LogP contribution in [-0.4, -0.2) is 39.9 Å². The molecule has 1 aliphatic heterocycles. The Balaban J connectivity index is 0.00000225. The Bertz CT molecular complexity index is 750. The van der Waals surface area contributed by atoms with Gasteiger partial charge in [-0.1, -0.05) is 7.43 Å². The molecule has 2 aromatic rings. The van der Waals surface area contributed by atoms with Crippen LogP contribution in [0.2, 0.25) is 0 Å². The molecular weight excluding hydrogens is 318 g/mol. The Morgan fingerprint density at radius 3 is 2.84 bits per heavy atom. The molecule has 3 rings (SSSR count). The minimum absolute atomic E-state index is 0. The number of nitrogens with zero attached hydrogens (tertiary/aromatic N) is 3. The van der Waals surface area contributed by atoms with Crippen LogP contribution in [0.3, 0.4) is 0 Å². The molecule has 0 aromatic carbocycles. The highest BCUT2D eigenvalue weighted by atomic mass is 16.5. The van der Waals surface area contributed by atoms with Crippen molar-refractivity contribution in [2.75, 3.05) is 13.1 Å². The van der Waals surface area contributed by atoms with Gasteiger partial charge in [0.1, 0.15) is 5.75 Å². The summed E-state index contributed by atoms with van der Waals surface area (Å²) in [6, 6.07) is 5.40. The van der Waals surface area contributed by atoms with E-state index in [0.717, 1.165) is 17.7 Å². The van der Waals surface area contributed by atoms with Gasteiger partial charge in [-0.25, -0.2) is 4.98 Å². The van der Waals surface area contributed by atoms with Gasteiger partial charge < -0.3 is 21.1 Å². The number of pyridine rings is 2. The standard InChI is InChI=1S/C17H21N5O2.CH4/c1-11-4-12(7-18)5-16(21-11)24-15-6-13(8-20-9-15)17(23)22-3-2-14(19)10-22;/h4-6,8-9,14H,2-3,7,10,18-19H2,1H3;1H4/t14-;/m1./s1. The van der Waals surface area contributed by atoms with Gasteiger partial charge in [-0.15, -0.1) is 0 Å². The minimum Gasteiger partial charge on any atom is -0.437 e. The van der Waals surface area contributed by atoms with E-state index in [4.69, 9.17) is 16.2 Å². The molecule has 1 aliphatic rings. The number of aryl methyl sites for hydroxylation is 1. The molecule has 1 fully saturated rings. The molecule has 1 amide bonds. The van der Waals surface area contributed by atoms with Crippen molar-refractivity contribution in [2.45, 2.75) is 33.4 Å². The number of hydrogen-bond donors (Lipinski definition) is 2. The monoisotopic (exact) mass is 343 g/mol. The highest BCUT2D eigenvalue weighted by molar-refractivity contribution is 5.94. The first-order valence-electron chi connectivity index (χ1n) is 7.90. The number of likely N-dealkylation sites (tertiary alicyclic amines) is 1. The first-order valence-corrected chi connectivity index (χ1v) is 7.90. The molecule has 4 N–H and O–H groups in total. The first-order chi connectivity index (χ1) is 11.5. The van der Waals surface area contributed by atoms with Crippen LogP contribution in [0, 0.1) is 6.92 Å². The van der Waals surface area contributed by atoms with Gasteiger partial charge in [0.25, 0.3) is 5.91 Å². The maximum atomic E-state index is 12.5. The van der Waals surface area contributed by atoms with E-state index in [2.05, 4.69) is 9.97 Å². The average molecular weight is 343 g/mol. The number of nitrogens with two attached hydrogens (primary N) is 2. The number of rotatable bonds is 4. The molecule has 25 heavy (non-hydrogen) atoms. The molecule has 0 saturated carbocycles. The molecule has 7 nitrogen and oxygen atoms in total.